The second kappa shape index (κ2) is 5.37. The predicted octanol–water partition coefficient (Wildman–Crippen LogP) is 5.03. The second-order valence-corrected chi connectivity index (χ2v) is 6.56. The van der Waals surface area contributed by atoms with E-state index in [-0.39, 0.29) is 0 Å². The Bertz CT molecular complexity index is 486. The Kier molecular flexibility index (Phi) is 3.62. The number of thiophene rings is 1. The maximum Gasteiger partial charge on any atom is 0.0634 e. The maximum atomic E-state index is 3.70. The summed E-state index contributed by atoms with van der Waals surface area (Å²) in [7, 11) is 0. The van der Waals surface area contributed by atoms with E-state index in [0.29, 0.717) is 6.04 Å². The largest absolute Gasteiger partial charge is 0.377 e. The summed E-state index contributed by atoms with van der Waals surface area (Å²) < 4.78 is 0. The number of thioether (sulfide) groups is 1. The summed E-state index contributed by atoms with van der Waals surface area (Å²) in [5.41, 5.74) is 1.23. The SMILES string of the molecule is CSc1ccc(NC(c2cccs2)C2CC2)cc1. The molecule has 3 rings (SSSR count). The van der Waals surface area contributed by atoms with Crippen LogP contribution in [0.3, 0.4) is 0 Å². The molecule has 0 bridgehead atoms. The van der Waals surface area contributed by atoms with Crippen LogP contribution in [0.2, 0.25) is 0 Å². The third-order valence-corrected chi connectivity index (χ3v) is 5.05. The van der Waals surface area contributed by atoms with Crippen molar-refractivity contribution < 1.29 is 0 Å². The Hall–Kier alpha value is -0.930. The molecule has 0 saturated heterocycles. The van der Waals surface area contributed by atoms with Gasteiger partial charge >= 0.3 is 0 Å². The Morgan fingerprint density at radius 2 is 2.00 bits per heavy atom. The molecular weight excluding hydrogens is 258 g/mol. The fourth-order valence-corrected chi connectivity index (χ4v) is 3.46. The first-order valence-electron chi connectivity index (χ1n) is 6.31. The highest BCUT2D eigenvalue weighted by Gasteiger charge is 2.32. The summed E-state index contributed by atoms with van der Waals surface area (Å²) in [4.78, 5) is 2.78. The molecule has 1 N–H and O–H groups in total. The quantitative estimate of drug-likeness (QED) is 0.768. The van der Waals surface area contributed by atoms with Crippen molar-refractivity contribution in [3.05, 3.63) is 46.7 Å². The third-order valence-electron chi connectivity index (χ3n) is 3.36. The topological polar surface area (TPSA) is 12.0 Å². The second-order valence-electron chi connectivity index (χ2n) is 4.70. The van der Waals surface area contributed by atoms with Crippen molar-refractivity contribution in [2.45, 2.75) is 23.8 Å². The van der Waals surface area contributed by atoms with Gasteiger partial charge in [0.1, 0.15) is 0 Å². The molecule has 0 radical (unpaired) electrons. The van der Waals surface area contributed by atoms with Crippen LogP contribution in [-0.4, -0.2) is 6.26 Å². The summed E-state index contributed by atoms with van der Waals surface area (Å²) in [6.45, 7) is 0. The van der Waals surface area contributed by atoms with E-state index in [9.17, 15) is 0 Å². The van der Waals surface area contributed by atoms with Crippen LogP contribution >= 0.6 is 23.1 Å². The minimum Gasteiger partial charge on any atom is -0.377 e. The molecule has 0 spiro atoms. The number of nitrogens with one attached hydrogen (secondary N) is 1. The van der Waals surface area contributed by atoms with Gasteiger partial charge in [0, 0.05) is 15.5 Å². The minimum absolute atomic E-state index is 0.505. The molecule has 2 aromatic rings. The number of rotatable bonds is 5. The first-order chi connectivity index (χ1) is 8.86. The molecule has 94 valence electrons. The van der Waals surface area contributed by atoms with Gasteiger partial charge in [-0.05, 0) is 60.7 Å². The van der Waals surface area contributed by atoms with Crippen molar-refractivity contribution in [2.75, 3.05) is 11.6 Å². The average Bonchev–Trinajstić information content (AvgIpc) is 3.11. The molecule has 3 heteroatoms. The molecule has 1 aliphatic rings. The molecule has 1 unspecified atom stereocenters. The van der Waals surface area contributed by atoms with Gasteiger partial charge in [-0.25, -0.2) is 0 Å². The zero-order valence-electron chi connectivity index (χ0n) is 10.4. The van der Waals surface area contributed by atoms with E-state index in [4.69, 9.17) is 0 Å². The lowest BCUT2D eigenvalue weighted by Gasteiger charge is -2.18. The fourth-order valence-electron chi connectivity index (χ4n) is 2.19. The Labute approximate surface area is 117 Å². The highest BCUT2D eigenvalue weighted by molar-refractivity contribution is 7.98. The molecular formula is C15H17NS2. The van der Waals surface area contributed by atoms with Crippen LogP contribution in [0.5, 0.6) is 0 Å². The molecule has 1 heterocycles. The summed E-state index contributed by atoms with van der Waals surface area (Å²) in [5.74, 6) is 0.823. The number of hydrogen-bond donors (Lipinski definition) is 1. The van der Waals surface area contributed by atoms with Crippen molar-refractivity contribution in [3.8, 4) is 0 Å². The van der Waals surface area contributed by atoms with Gasteiger partial charge in [-0.3, -0.25) is 0 Å². The van der Waals surface area contributed by atoms with E-state index < -0.39 is 0 Å². The standard InChI is InChI=1S/C15H17NS2/c1-17-13-8-6-12(7-9-13)16-15(11-4-5-11)14-3-2-10-18-14/h2-3,6-11,15-16H,4-5H2,1H3. The first kappa shape index (κ1) is 12.1. The normalized spacial score (nSPS) is 16.5. The number of hydrogen-bond acceptors (Lipinski definition) is 3. The van der Waals surface area contributed by atoms with Gasteiger partial charge in [-0.1, -0.05) is 6.07 Å². The van der Waals surface area contributed by atoms with Crippen LogP contribution in [0.15, 0.2) is 46.7 Å². The highest BCUT2D eigenvalue weighted by atomic mass is 32.2. The van der Waals surface area contributed by atoms with E-state index >= 15 is 0 Å². The monoisotopic (exact) mass is 275 g/mol. The van der Waals surface area contributed by atoms with Gasteiger partial charge in [-0.15, -0.1) is 23.1 Å². The summed E-state index contributed by atoms with van der Waals surface area (Å²) in [6.07, 6.45) is 4.83. The molecule has 1 fully saturated rings. The lowest BCUT2D eigenvalue weighted by Crippen LogP contribution is -2.11. The number of benzene rings is 1. The number of anilines is 1. The van der Waals surface area contributed by atoms with E-state index in [2.05, 4.69) is 53.4 Å². The van der Waals surface area contributed by atoms with Gasteiger partial charge in [0.2, 0.25) is 0 Å². The zero-order valence-corrected chi connectivity index (χ0v) is 12.1. The van der Waals surface area contributed by atoms with Crippen LogP contribution < -0.4 is 5.32 Å². The first-order valence-corrected chi connectivity index (χ1v) is 8.41. The summed E-state index contributed by atoms with van der Waals surface area (Å²) in [5, 5.41) is 5.87. The zero-order chi connectivity index (χ0) is 12.4. The van der Waals surface area contributed by atoms with E-state index in [1.165, 1.54) is 28.3 Å². The van der Waals surface area contributed by atoms with Crippen molar-refractivity contribution in [2.24, 2.45) is 5.92 Å². The smallest absolute Gasteiger partial charge is 0.0634 e. The van der Waals surface area contributed by atoms with Crippen LogP contribution in [0, 0.1) is 5.92 Å². The molecule has 18 heavy (non-hydrogen) atoms. The van der Waals surface area contributed by atoms with Gasteiger partial charge in [-0.2, -0.15) is 0 Å². The van der Waals surface area contributed by atoms with Gasteiger partial charge in [0.15, 0.2) is 0 Å². The lowest BCUT2D eigenvalue weighted by molar-refractivity contribution is 0.691. The Morgan fingerprint density at radius 3 is 2.56 bits per heavy atom. The third kappa shape index (κ3) is 2.73. The summed E-state index contributed by atoms with van der Waals surface area (Å²) in [6, 6.07) is 13.6. The fraction of sp³-hybridized carbons (Fsp3) is 0.333. The molecule has 1 aromatic heterocycles. The molecule has 0 aliphatic heterocycles. The van der Waals surface area contributed by atoms with E-state index in [1.54, 1.807) is 11.8 Å². The van der Waals surface area contributed by atoms with Crippen LogP contribution in [0.25, 0.3) is 0 Å². The van der Waals surface area contributed by atoms with E-state index in [1.807, 2.05) is 11.3 Å². The molecule has 1 nitrogen and oxygen atoms in total. The van der Waals surface area contributed by atoms with Gasteiger partial charge in [0.25, 0.3) is 0 Å². The van der Waals surface area contributed by atoms with Crippen molar-refractivity contribution >= 4 is 28.8 Å². The molecule has 1 aromatic carbocycles. The van der Waals surface area contributed by atoms with Crippen LogP contribution in [0.4, 0.5) is 5.69 Å². The van der Waals surface area contributed by atoms with Crippen molar-refractivity contribution in [1.82, 2.24) is 0 Å². The highest BCUT2D eigenvalue weighted by Crippen LogP contribution is 2.44. The molecule has 1 atom stereocenters. The van der Waals surface area contributed by atoms with Crippen molar-refractivity contribution in [1.29, 1.82) is 0 Å². The minimum atomic E-state index is 0.505. The van der Waals surface area contributed by atoms with Crippen LogP contribution in [-0.2, 0) is 0 Å². The van der Waals surface area contributed by atoms with Crippen molar-refractivity contribution in [3.63, 3.8) is 0 Å². The van der Waals surface area contributed by atoms with Crippen LogP contribution in [0.1, 0.15) is 23.8 Å². The Morgan fingerprint density at radius 1 is 1.22 bits per heavy atom. The lowest BCUT2D eigenvalue weighted by atomic mass is 10.1. The van der Waals surface area contributed by atoms with Gasteiger partial charge < -0.3 is 5.32 Å². The molecule has 0 amide bonds. The summed E-state index contributed by atoms with van der Waals surface area (Å²) >= 11 is 3.65. The predicted molar refractivity (Wildman–Crippen MR) is 81.6 cm³/mol. The average molecular weight is 275 g/mol. The van der Waals surface area contributed by atoms with Gasteiger partial charge in [0.05, 0.1) is 6.04 Å². The van der Waals surface area contributed by atoms with E-state index in [0.717, 1.165) is 5.92 Å². The Balaban J connectivity index is 1.76. The maximum absolute atomic E-state index is 3.70. The molecule has 1 aliphatic carbocycles. The molecule has 1 saturated carbocycles.